The number of aromatic nitrogens is 5. The van der Waals surface area contributed by atoms with Crippen LogP contribution >= 0.6 is 0 Å². The van der Waals surface area contributed by atoms with Crippen molar-refractivity contribution >= 4 is 24.0 Å². The van der Waals surface area contributed by atoms with Crippen LogP contribution in [0.25, 0.3) is 50.7 Å². The van der Waals surface area contributed by atoms with Crippen LogP contribution in [-0.4, -0.2) is 96.2 Å². The van der Waals surface area contributed by atoms with Crippen LogP contribution in [-0.2, 0) is 19.7 Å². The van der Waals surface area contributed by atoms with E-state index in [-0.39, 0.29) is 41.1 Å². The molecule has 2 saturated heterocycles. The average molecular weight is 922 g/mol. The highest BCUT2D eigenvalue weighted by Gasteiger charge is 2.38. The van der Waals surface area contributed by atoms with Crippen LogP contribution in [0.2, 0.25) is 0 Å². The summed E-state index contributed by atoms with van der Waals surface area (Å²) in [6, 6.07) is 31.8. The summed E-state index contributed by atoms with van der Waals surface area (Å²) in [5.41, 5.74) is 11.4. The van der Waals surface area contributed by atoms with E-state index in [9.17, 15) is 24.3 Å². The van der Waals surface area contributed by atoms with Gasteiger partial charge in [0, 0.05) is 29.9 Å². The molecule has 15 nitrogen and oxygen atoms in total. The number of hydrogen-bond donors (Lipinski definition) is 5. The molecule has 15 heteroatoms. The third-order valence-electron chi connectivity index (χ3n) is 13.4. The van der Waals surface area contributed by atoms with Crippen molar-refractivity contribution in [2.75, 3.05) is 20.2 Å². The molecule has 4 atom stereocenters. The Bertz CT molecular complexity index is 2740. The minimum absolute atomic E-state index is 0.00573. The number of alkyl carbamates (subject to hydrolysis) is 1. The number of H-pyrrole nitrogens is 2. The molecule has 2 fully saturated rings. The summed E-state index contributed by atoms with van der Waals surface area (Å²) < 4.78 is 7.09. The van der Waals surface area contributed by atoms with Crippen LogP contribution in [0, 0.1) is 11.8 Å². The van der Waals surface area contributed by atoms with E-state index in [1.807, 2.05) is 44.7 Å². The Morgan fingerprint density at radius 2 is 1.07 bits per heavy atom. The van der Waals surface area contributed by atoms with Crippen molar-refractivity contribution < 1.29 is 29.0 Å². The molecule has 3 aromatic carbocycles. The summed E-state index contributed by atoms with van der Waals surface area (Å²) in [5.74, 6) is -0.672. The van der Waals surface area contributed by atoms with E-state index in [0.717, 1.165) is 87.8 Å². The van der Waals surface area contributed by atoms with E-state index in [0.29, 0.717) is 13.1 Å². The molecule has 5 N–H and O–H groups in total. The first-order chi connectivity index (χ1) is 32.5. The monoisotopic (exact) mass is 921 g/mol. The second kappa shape index (κ2) is 19.6. The van der Waals surface area contributed by atoms with Crippen molar-refractivity contribution in [2.45, 2.75) is 104 Å². The van der Waals surface area contributed by atoms with Gasteiger partial charge in [0.2, 0.25) is 11.8 Å². The van der Waals surface area contributed by atoms with Crippen LogP contribution in [0.3, 0.4) is 0 Å². The minimum atomic E-state index is -1.21. The smallest absolute Gasteiger partial charge is 0.407 e. The third-order valence-corrected chi connectivity index (χ3v) is 13.4. The Labute approximate surface area is 397 Å². The van der Waals surface area contributed by atoms with Crippen molar-refractivity contribution in [1.29, 1.82) is 0 Å². The molecule has 0 spiro atoms. The van der Waals surface area contributed by atoms with Crippen LogP contribution in [0.1, 0.15) is 103 Å². The average Bonchev–Trinajstić information content (AvgIpc) is 4.18. The number of carbonyl (C=O) groups excluding carboxylic acids is 3. The summed E-state index contributed by atoms with van der Waals surface area (Å²) in [5, 5.41) is 30.3. The van der Waals surface area contributed by atoms with E-state index < -0.39 is 24.3 Å². The first kappa shape index (κ1) is 47.3. The number of amides is 4. The van der Waals surface area contributed by atoms with Crippen molar-refractivity contribution in [2.24, 2.45) is 11.8 Å². The largest absolute Gasteiger partial charge is 0.465 e. The standard InChI is InChI=1S/C53H63N9O6/c1-31(2)47(54-51(65)66)49(63)60-27-9-11-45(60)41-29-39(56-58-41)33-13-17-35(18-14-33)43-25-26-44(62(43)38-23-21-37(22-24-38)53(5,6)7)36-19-15-34(16-20-36)40-30-42(59-57-40)46-12-10-28-61(46)50(64)48(32(3)4)55-52(67)68-8/h13-26,29-32,45-48,54H,9-12,27-28H2,1-8H3,(H,55,67)(H,56,58)(H,57,59)(H,65,66)/t45-,46-,47-,48-/m0/s1. The number of carbonyl (C=O) groups is 4. The summed E-state index contributed by atoms with van der Waals surface area (Å²) in [6.45, 7) is 15.3. The molecule has 0 bridgehead atoms. The van der Waals surface area contributed by atoms with E-state index in [1.165, 1.54) is 12.7 Å². The molecule has 0 aliphatic carbocycles. The number of methoxy groups -OCH3 is 1. The molecule has 5 heterocycles. The quantitative estimate of drug-likeness (QED) is 0.0756. The van der Waals surface area contributed by atoms with Crippen molar-refractivity contribution in [1.82, 2.24) is 45.4 Å². The fourth-order valence-electron chi connectivity index (χ4n) is 9.62. The maximum absolute atomic E-state index is 13.7. The van der Waals surface area contributed by atoms with Crippen LogP contribution < -0.4 is 10.6 Å². The van der Waals surface area contributed by atoms with Gasteiger partial charge in [0.05, 0.1) is 53.4 Å². The van der Waals surface area contributed by atoms with Gasteiger partial charge in [-0.1, -0.05) is 109 Å². The van der Waals surface area contributed by atoms with Crippen molar-refractivity contribution in [3.8, 4) is 50.7 Å². The maximum Gasteiger partial charge on any atom is 0.407 e. The Morgan fingerprint density at radius 1 is 0.647 bits per heavy atom. The molecule has 3 aromatic heterocycles. The highest BCUT2D eigenvalue weighted by Crippen LogP contribution is 2.38. The summed E-state index contributed by atoms with van der Waals surface area (Å²) in [7, 11) is 1.29. The van der Waals surface area contributed by atoms with E-state index >= 15 is 0 Å². The lowest BCUT2D eigenvalue weighted by Gasteiger charge is -2.30. The Hall–Kier alpha value is -7.16. The van der Waals surface area contributed by atoms with Crippen molar-refractivity contribution in [3.63, 3.8) is 0 Å². The fraction of sp³-hybridized carbons (Fsp3) is 0.396. The summed E-state index contributed by atoms with van der Waals surface area (Å²) in [6.07, 6.45) is 1.37. The molecule has 0 unspecified atom stereocenters. The Morgan fingerprint density at radius 3 is 1.47 bits per heavy atom. The van der Waals surface area contributed by atoms with E-state index in [4.69, 9.17) is 4.74 Å². The number of ether oxygens (including phenoxy) is 1. The predicted molar refractivity (Wildman–Crippen MR) is 262 cm³/mol. The molecule has 2 aliphatic heterocycles. The van der Waals surface area contributed by atoms with Crippen LogP contribution in [0.5, 0.6) is 0 Å². The third kappa shape index (κ3) is 9.78. The van der Waals surface area contributed by atoms with Crippen LogP contribution in [0.15, 0.2) is 97.1 Å². The lowest BCUT2D eigenvalue weighted by molar-refractivity contribution is -0.136. The predicted octanol–water partition coefficient (Wildman–Crippen LogP) is 9.89. The second-order valence-electron chi connectivity index (χ2n) is 19.7. The second-order valence-corrected chi connectivity index (χ2v) is 19.7. The molecule has 0 radical (unpaired) electrons. The maximum atomic E-state index is 13.7. The van der Waals surface area contributed by atoms with E-state index in [1.54, 1.807) is 4.90 Å². The molecular formula is C53H63N9O6. The lowest BCUT2D eigenvalue weighted by atomic mass is 9.87. The normalized spacial score (nSPS) is 17.1. The van der Waals surface area contributed by atoms with Gasteiger partial charge < -0.3 is 34.8 Å². The Balaban J connectivity index is 1.04. The van der Waals surface area contributed by atoms with Gasteiger partial charge >= 0.3 is 12.2 Å². The van der Waals surface area contributed by atoms with E-state index in [2.05, 4.69) is 141 Å². The Kier molecular flexibility index (Phi) is 13.6. The number of hydrogen-bond acceptors (Lipinski definition) is 7. The zero-order chi connectivity index (χ0) is 48.4. The lowest BCUT2D eigenvalue weighted by Crippen LogP contribution is -2.51. The fourth-order valence-corrected chi connectivity index (χ4v) is 9.62. The molecule has 0 saturated carbocycles. The number of likely N-dealkylation sites (tertiary alicyclic amines) is 2. The van der Waals surface area contributed by atoms with Gasteiger partial charge in [-0.15, -0.1) is 0 Å². The molecule has 6 aromatic rings. The number of nitrogens with zero attached hydrogens (tertiary/aromatic N) is 5. The van der Waals surface area contributed by atoms with Gasteiger partial charge in [-0.2, -0.15) is 10.2 Å². The highest BCUT2D eigenvalue weighted by molar-refractivity contribution is 5.87. The number of carboxylic acid groups (broad SMARTS) is 1. The molecule has 356 valence electrons. The van der Waals surface area contributed by atoms with Gasteiger partial charge in [0.1, 0.15) is 12.1 Å². The zero-order valence-electron chi connectivity index (χ0n) is 40.2. The van der Waals surface area contributed by atoms with Crippen molar-refractivity contribution in [3.05, 3.63) is 114 Å². The summed E-state index contributed by atoms with van der Waals surface area (Å²) in [4.78, 5) is 54.5. The molecule has 4 amide bonds. The van der Waals surface area contributed by atoms with Gasteiger partial charge in [-0.3, -0.25) is 19.8 Å². The first-order valence-corrected chi connectivity index (χ1v) is 23.6. The first-order valence-electron chi connectivity index (χ1n) is 23.6. The molecule has 2 aliphatic rings. The summed E-state index contributed by atoms with van der Waals surface area (Å²) >= 11 is 0. The number of aromatic amines is 2. The SMILES string of the molecule is COC(=O)N[C@H](C(=O)N1CCC[C@H]1c1cc(-c2ccc(-c3ccc(-c4ccc(-c5cc([C@@H]6CCCN6C(=O)[C@@H](NC(=O)O)C(C)C)[nH]n5)cc4)n3-c3ccc(C(C)(C)C)cc3)cc2)n[nH]1)C(C)C. The molecule has 68 heavy (non-hydrogen) atoms. The van der Waals surface area contributed by atoms with Crippen LogP contribution in [0.4, 0.5) is 9.59 Å². The van der Waals surface area contributed by atoms with Gasteiger partial charge in [0.25, 0.3) is 0 Å². The van der Waals surface area contributed by atoms with Gasteiger partial charge in [-0.25, -0.2) is 9.59 Å². The number of benzene rings is 3. The minimum Gasteiger partial charge on any atom is -0.465 e. The molecule has 8 rings (SSSR count). The van der Waals surface area contributed by atoms with Gasteiger partial charge in [-0.05, 0) is 96.0 Å². The molecular weight excluding hydrogens is 859 g/mol. The number of rotatable bonds is 13. The van der Waals surface area contributed by atoms with Gasteiger partial charge in [0.15, 0.2) is 0 Å². The zero-order valence-corrected chi connectivity index (χ0v) is 40.2. The highest BCUT2D eigenvalue weighted by atomic mass is 16.5. The number of nitrogens with one attached hydrogen (secondary N) is 4. The topological polar surface area (TPSA) is 191 Å².